The minimum atomic E-state index is 0.415. The zero-order chi connectivity index (χ0) is 13.0. The second kappa shape index (κ2) is 6.24. The van der Waals surface area contributed by atoms with E-state index in [0.29, 0.717) is 11.1 Å². The normalized spacial score (nSPS) is 12.4. The molecule has 0 aliphatic heterocycles. The Morgan fingerprint density at radius 1 is 1.06 bits per heavy atom. The van der Waals surface area contributed by atoms with Gasteiger partial charge in [0.1, 0.15) is 12.6 Å². The van der Waals surface area contributed by atoms with Crippen molar-refractivity contribution in [3.63, 3.8) is 0 Å². The number of hydrogen-bond acceptors (Lipinski definition) is 0. The summed E-state index contributed by atoms with van der Waals surface area (Å²) in [5.74, 6) is 0. The lowest BCUT2D eigenvalue weighted by atomic mass is 10.1. The lowest BCUT2D eigenvalue weighted by Crippen LogP contribution is -2.83. The van der Waals surface area contributed by atoms with Crippen molar-refractivity contribution in [1.29, 1.82) is 0 Å². The highest BCUT2D eigenvalue weighted by Gasteiger charge is 2.09. The second-order valence-electron chi connectivity index (χ2n) is 4.37. The highest BCUT2D eigenvalue weighted by Crippen LogP contribution is 2.20. The number of halogens is 2. The molecule has 0 fully saturated rings. The fraction of sp³-hybridized carbons (Fsp3) is 0.200. The van der Waals surface area contributed by atoms with Crippen molar-refractivity contribution in [1.82, 2.24) is 0 Å². The molecule has 0 saturated carbocycles. The van der Waals surface area contributed by atoms with Crippen LogP contribution in [0, 0.1) is 0 Å². The van der Waals surface area contributed by atoms with E-state index >= 15 is 0 Å². The van der Waals surface area contributed by atoms with E-state index in [1.807, 2.05) is 18.2 Å². The monoisotopic (exact) mass is 280 g/mol. The van der Waals surface area contributed by atoms with Gasteiger partial charge < -0.3 is 5.32 Å². The third kappa shape index (κ3) is 3.49. The Bertz CT molecular complexity index is 511. The van der Waals surface area contributed by atoms with Crippen LogP contribution in [-0.2, 0) is 6.54 Å². The first-order valence-electron chi connectivity index (χ1n) is 5.99. The van der Waals surface area contributed by atoms with Crippen LogP contribution in [0.25, 0.3) is 0 Å². The largest absolute Gasteiger partial charge is 0.337 e. The van der Waals surface area contributed by atoms with E-state index in [4.69, 9.17) is 23.2 Å². The molecule has 2 aromatic rings. The van der Waals surface area contributed by atoms with Gasteiger partial charge >= 0.3 is 0 Å². The van der Waals surface area contributed by atoms with Gasteiger partial charge in [-0.2, -0.15) is 0 Å². The summed E-state index contributed by atoms with van der Waals surface area (Å²) in [5, 5.41) is 3.68. The van der Waals surface area contributed by atoms with Gasteiger partial charge in [-0.1, -0.05) is 59.6 Å². The smallest absolute Gasteiger partial charge is 0.109 e. The van der Waals surface area contributed by atoms with Crippen LogP contribution in [0.1, 0.15) is 24.1 Å². The molecular formula is C15H16Cl2N+. The van der Waals surface area contributed by atoms with Crippen LogP contribution >= 0.6 is 23.2 Å². The number of benzene rings is 2. The van der Waals surface area contributed by atoms with Crippen LogP contribution in [0.15, 0.2) is 48.5 Å². The molecule has 2 aromatic carbocycles. The maximum Gasteiger partial charge on any atom is 0.109 e. The van der Waals surface area contributed by atoms with E-state index in [2.05, 4.69) is 36.5 Å². The summed E-state index contributed by atoms with van der Waals surface area (Å²) >= 11 is 12.0. The predicted molar refractivity (Wildman–Crippen MR) is 76.9 cm³/mol. The third-order valence-corrected chi connectivity index (χ3v) is 3.62. The molecule has 0 aliphatic rings. The quantitative estimate of drug-likeness (QED) is 0.877. The summed E-state index contributed by atoms with van der Waals surface area (Å²) < 4.78 is 0. The molecule has 2 rings (SSSR count). The maximum absolute atomic E-state index is 6.15. The average molecular weight is 281 g/mol. The molecule has 18 heavy (non-hydrogen) atoms. The molecule has 0 heterocycles. The molecule has 0 aliphatic carbocycles. The van der Waals surface area contributed by atoms with Gasteiger partial charge in [0.05, 0.1) is 5.02 Å². The van der Waals surface area contributed by atoms with Gasteiger partial charge in [-0.25, -0.2) is 0 Å². The molecular weight excluding hydrogens is 265 g/mol. The average Bonchev–Trinajstić information content (AvgIpc) is 2.38. The third-order valence-electron chi connectivity index (χ3n) is 3.03. The zero-order valence-corrected chi connectivity index (χ0v) is 11.7. The predicted octanol–water partition coefficient (Wildman–Crippen LogP) is 3.82. The Morgan fingerprint density at radius 3 is 2.44 bits per heavy atom. The minimum Gasteiger partial charge on any atom is -0.337 e. The molecule has 0 bridgehead atoms. The second-order valence-corrected chi connectivity index (χ2v) is 5.22. The van der Waals surface area contributed by atoms with Crippen LogP contribution in [0.2, 0.25) is 10.0 Å². The molecule has 0 spiro atoms. The Hall–Kier alpha value is -1.02. The molecule has 0 radical (unpaired) electrons. The van der Waals surface area contributed by atoms with Crippen LogP contribution in [0.5, 0.6) is 0 Å². The van der Waals surface area contributed by atoms with Crippen molar-refractivity contribution in [2.45, 2.75) is 19.5 Å². The number of rotatable bonds is 4. The van der Waals surface area contributed by atoms with Gasteiger partial charge in [0.2, 0.25) is 0 Å². The van der Waals surface area contributed by atoms with Crippen LogP contribution in [0.3, 0.4) is 0 Å². The molecule has 0 saturated heterocycles. The molecule has 1 nitrogen and oxygen atoms in total. The fourth-order valence-electron chi connectivity index (χ4n) is 1.88. The molecule has 0 amide bonds. The summed E-state index contributed by atoms with van der Waals surface area (Å²) in [6.45, 7) is 3.05. The minimum absolute atomic E-state index is 0.415. The van der Waals surface area contributed by atoms with Gasteiger partial charge in [-0.05, 0) is 19.1 Å². The van der Waals surface area contributed by atoms with Crippen LogP contribution < -0.4 is 5.32 Å². The molecule has 1 atom stereocenters. The molecule has 2 N–H and O–H groups in total. The molecule has 0 aromatic heterocycles. The maximum atomic E-state index is 6.15. The standard InChI is InChI=1S/C15H15Cl2N/c1-11(12-5-3-2-4-6-12)18-10-13-7-8-14(16)9-15(13)17/h2-9,11,18H,10H2,1H3/p+1/t11-/m0/s1. The lowest BCUT2D eigenvalue weighted by molar-refractivity contribution is -0.707. The first kappa shape index (κ1) is 13.4. The summed E-state index contributed by atoms with van der Waals surface area (Å²) in [4.78, 5) is 0. The Labute approximate surface area is 118 Å². The molecule has 0 unspecified atom stereocenters. The van der Waals surface area contributed by atoms with Crippen molar-refractivity contribution in [2.24, 2.45) is 0 Å². The summed E-state index contributed by atoms with van der Waals surface area (Å²) in [7, 11) is 0. The Kier molecular flexibility index (Phi) is 4.65. The highest BCUT2D eigenvalue weighted by atomic mass is 35.5. The van der Waals surface area contributed by atoms with E-state index in [-0.39, 0.29) is 0 Å². The first-order valence-corrected chi connectivity index (χ1v) is 6.74. The van der Waals surface area contributed by atoms with Crippen molar-refractivity contribution in [3.05, 3.63) is 69.7 Å². The van der Waals surface area contributed by atoms with Gasteiger partial charge in [-0.15, -0.1) is 0 Å². The lowest BCUT2D eigenvalue weighted by Gasteiger charge is -2.11. The number of quaternary nitrogens is 1. The van der Waals surface area contributed by atoms with Crippen LogP contribution in [0.4, 0.5) is 0 Å². The van der Waals surface area contributed by atoms with E-state index in [1.165, 1.54) is 5.56 Å². The van der Waals surface area contributed by atoms with Gasteiger partial charge in [-0.3, -0.25) is 0 Å². The zero-order valence-electron chi connectivity index (χ0n) is 10.2. The van der Waals surface area contributed by atoms with Crippen molar-refractivity contribution in [2.75, 3.05) is 0 Å². The van der Waals surface area contributed by atoms with Crippen molar-refractivity contribution in [3.8, 4) is 0 Å². The number of hydrogen-bond donors (Lipinski definition) is 1. The van der Waals surface area contributed by atoms with E-state index < -0.39 is 0 Å². The van der Waals surface area contributed by atoms with E-state index in [9.17, 15) is 0 Å². The Morgan fingerprint density at radius 2 is 1.78 bits per heavy atom. The van der Waals surface area contributed by atoms with E-state index in [1.54, 1.807) is 6.07 Å². The molecule has 3 heteroatoms. The van der Waals surface area contributed by atoms with Gasteiger partial charge in [0.15, 0.2) is 0 Å². The SMILES string of the molecule is C[C@H]([NH2+]Cc1ccc(Cl)cc1Cl)c1ccccc1. The summed E-state index contributed by atoms with van der Waals surface area (Å²) in [6, 6.07) is 16.5. The van der Waals surface area contributed by atoms with Crippen molar-refractivity contribution >= 4 is 23.2 Å². The highest BCUT2D eigenvalue weighted by molar-refractivity contribution is 6.35. The van der Waals surface area contributed by atoms with Gasteiger partial charge in [0, 0.05) is 16.1 Å². The van der Waals surface area contributed by atoms with Gasteiger partial charge in [0.25, 0.3) is 0 Å². The Balaban J connectivity index is 1.99. The van der Waals surface area contributed by atoms with Crippen LogP contribution in [-0.4, -0.2) is 0 Å². The summed E-state index contributed by atoms with van der Waals surface area (Å²) in [5.41, 5.74) is 2.44. The molecule has 94 valence electrons. The fourth-order valence-corrected chi connectivity index (χ4v) is 2.37. The first-order chi connectivity index (χ1) is 8.66. The number of nitrogens with two attached hydrogens (primary N) is 1. The van der Waals surface area contributed by atoms with Crippen molar-refractivity contribution < 1.29 is 5.32 Å². The topological polar surface area (TPSA) is 16.6 Å². The van der Waals surface area contributed by atoms with E-state index in [0.717, 1.165) is 17.1 Å². The summed E-state index contributed by atoms with van der Waals surface area (Å²) in [6.07, 6.45) is 0.